The predicted octanol–water partition coefficient (Wildman–Crippen LogP) is 4.62. The number of fused-ring (bicyclic) bond motifs is 1. The van der Waals surface area contributed by atoms with Crippen molar-refractivity contribution in [2.75, 3.05) is 11.9 Å². The average molecular weight is 325 g/mol. The molecule has 1 unspecified atom stereocenters. The Kier molecular flexibility index (Phi) is 6.49. The van der Waals surface area contributed by atoms with Gasteiger partial charge in [0.15, 0.2) is 0 Å². The molecule has 0 bridgehead atoms. The molecule has 2 rings (SSSR count). The smallest absolute Gasteiger partial charge is 0.312 e. The molecule has 1 aromatic heterocycles. The van der Waals surface area contributed by atoms with Gasteiger partial charge >= 0.3 is 5.97 Å². The van der Waals surface area contributed by atoms with Crippen molar-refractivity contribution in [3.63, 3.8) is 0 Å². The quantitative estimate of drug-likeness (QED) is 0.685. The van der Waals surface area contributed by atoms with Crippen molar-refractivity contribution in [2.24, 2.45) is 0 Å². The van der Waals surface area contributed by atoms with E-state index in [9.17, 15) is 9.90 Å². The van der Waals surface area contributed by atoms with E-state index in [1.165, 1.54) is 12.8 Å². The van der Waals surface area contributed by atoms with Crippen molar-refractivity contribution in [1.82, 2.24) is 4.98 Å². The number of aromatic nitrogens is 1. The summed E-state index contributed by atoms with van der Waals surface area (Å²) >= 11 is 6.31. The molecule has 0 amide bonds. The third-order valence-corrected chi connectivity index (χ3v) is 4.52. The number of nitrogens with one attached hydrogen (secondary N) is 1. The lowest BCUT2D eigenvalue weighted by atomic mass is 9.95. The summed E-state index contributed by atoms with van der Waals surface area (Å²) in [6, 6.07) is 1.89. The highest BCUT2D eigenvalue weighted by Gasteiger charge is 2.25. The maximum atomic E-state index is 11.6. The number of pyridine rings is 1. The Morgan fingerprint density at radius 2 is 2.18 bits per heavy atom. The van der Waals surface area contributed by atoms with Crippen LogP contribution in [0, 0.1) is 0 Å². The third kappa shape index (κ3) is 4.35. The van der Waals surface area contributed by atoms with E-state index in [1.54, 1.807) is 0 Å². The van der Waals surface area contributed by atoms with Crippen LogP contribution in [-0.2, 0) is 11.2 Å². The van der Waals surface area contributed by atoms with E-state index in [2.05, 4.69) is 17.2 Å². The van der Waals surface area contributed by atoms with E-state index >= 15 is 0 Å². The van der Waals surface area contributed by atoms with Crippen molar-refractivity contribution >= 4 is 23.4 Å². The Morgan fingerprint density at radius 3 is 2.91 bits per heavy atom. The second kappa shape index (κ2) is 8.37. The number of anilines is 1. The van der Waals surface area contributed by atoms with Crippen molar-refractivity contribution in [2.45, 2.75) is 64.2 Å². The first-order valence-electron chi connectivity index (χ1n) is 8.29. The first-order valence-corrected chi connectivity index (χ1v) is 8.67. The monoisotopic (exact) mass is 324 g/mol. The zero-order chi connectivity index (χ0) is 15.9. The molecule has 2 N–H and O–H groups in total. The molecule has 1 aromatic rings. The van der Waals surface area contributed by atoms with Crippen molar-refractivity contribution in [1.29, 1.82) is 0 Å². The Balaban J connectivity index is 2.09. The summed E-state index contributed by atoms with van der Waals surface area (Å²) in [5.74, 6) is -0.633. The largest absolute Gasteiger partial charge is 0.481 e. The van der Waals surface area contributed by atoms with Crippen LogP contribution in [0.4, 0.5) is 5.82 Å². The fourth-order valence-electron chi connectivity index (χ4n) is 2.94. The highest BCUT2D eigenvalue weighted by molar-refractivity contribution is 6.31. The van der Waals surface area contributed by atoms with Gasteiger partial charge in [-0.3, -0.25) is 4.79 Å². The highest BCUT2D eigenvalue weighted by atomic mass is 35.5. The van der Waals surface area contributed by atoms with Gasteiger partial charge in [0.25, 0.3) is 0 Å². The molecule has 0 radical (unpaired) electrons. The predicted molar refractivity (Wildman–Crippen MR) is 89.8 cm³/mol. The van der Waals surface area contributed by atoms with Crippen LogP contribution < -0.4 is 5.32 Å². The number of nitrogens with zero attached hydrogens (tertiary/aromatic N) is 1. The minimum absolute atomic E-state index is 0.489. The zero-order valence-corrected chi connectivity index (χ0v) is 14.0. The second-order valence-electron chi connectivity index (χ2n) is 5.99. The SMILES string of the molecule is CCCCCCCC(C(=O)O)c1nc2c(cc1Cl)CCCN2. The Bertz CT molecular complexity index is 520. The van der Waals surface area contributed by atoms with E-state index in [-0.39, 0.29) is 0 Å². The van der Waals surface area contributed by atoms with Gasteiger partial charge in [0.1, 0.15) is 11.7 Å². The van der Waals surface area contributed by atoms with Gasteiger partial charge in [-0.25, -0.2) is 4.98 Å². The summed E-state index contributed by atoms with van der Waals surface area (Å²) < 4.78 is 0. The molecule has 122 valence electrons. The third-order valence-electron chi connectivity index (χ3n) is 4.22. The van der Waals surface area contributed by atoms with Crippen molar-refractivity contribution in [3.05, 3.63) is 22.3 Å². The number of hydrogen-bond acceptors (Lipinski definition) is 3. The number of rotatable bonds is 8. The molecule has 22 heavy (non-hydrogen) atoms. The van der Waals surface area contributed by atoms with Gasteiger partial charge < -0.3 is 10.4 Å². The van der Waals surface area contributed by atoms with Crippen molar-refractivity contribution < 1.29 is 9.90 Å². The normalized spacial score (nSPS) is 15.0. The molecule has 1 aliphatic rings. The first kappa shape index (κ1) is 17.1. The summed E-state index contributed by atoms with van der Waals surface area (Å²) in [7, 11) is 0. The van der Waals surface area contributed by atoms with Gasteiger partial charge in [-0.05, 0) is 30.9 Å². The molecule has 0 spiro atoms. The highest BCUT2D eigenvalue weighted by Crippen LogP contribution is 2.32. The molecule has 0 saturated heterocycles. The molecule has 2 heterocycles. The van der Waals surface area contributed by atoms with Gasteiger partial charge in [-0.2, -0.15) is 0 Å². The van der Waals surface area contributed by atoms with Crippen LogP contribution in [0.2, 0.25) is 5.02 Å². The molecular formula is C17H25ClN2O2. The topological polar surface area (TPSA) is 62.2 Å². The van der Waals surface area contributed by atoms with E-state index in [0.717, 1.165) is 50.0 Å². The van der Waals surface area contributed by atoms with Crippen LogP contribution in [0.3, 0.4) is 0 Å². The van der Waals surface area contributed by atoms with Gasteiger partial charge in [-0.15, -0.1) is 0 Å². The Morgan fingerprint density at radius 1 is 1.41 bits per heavy atom. The molecule has 0 aromatic carbocycles. The van der Waals surface area contributed by atoms with Gasteiger partial charge in [0, 0.05) is 6.54 Å². The van der Waals surface area contributed by atoms with Crippen LogP contribution in [-0.4, -0.2) is 22.6 Å². The summed E-state index contributed by atoms with van der Waals surface area (Å²) in [6.45, 7) is 3.06. The summed E-state index contributed by atoms with van der Waals surface area (Å²) in [6.07, 6.45) is 8.14. The number of carboxylic acid groups (broad SMARTS) is 1. The van der Waals surface area contributed by atoms with Crippen LogP contribution in [0.5, 0.6) is 0 Å². The van der Waals surface area contributed by atoms with Crippen LogP contribution in [0.1, 0.15) is 69.0 Å². The number of unbranched alkanes of at least 4 members (excludes halogenated alkanes) is 4. The number of hydrogen-bond donors (Lipinski definition) is 2. The molecular weight excluding hydrogens is 300 g/mol. The van der Waals surface area contributed by atoms with E-state index in [0.29, 0.717) is 17.1 Å². The van der Waals surface area contributed by atoms with E-state index in [1.807, 2.05) is 6.07 Å². The number of aryl methyl sites for hydroxylation is 1. The number of carbonyl (C=O) groups is 1. The molecule has 1 atom stereocenters. The summed E-state index contributed by atoms with van der Waals surface area (Å²) in [4.78, 5) is 16.1. The second-order valence-corrected chi connectivity index (χ2v) is 6.39. The van der Waals surface area contributed by atoms with Gasteiger partial charge in [-0.1, -0.05) is 50.6 Å². The maximum Gasteiger partial charge on any atom is 0.312 e. The minimum Gasteiger partial charge on any atom is -0.481 e. The lowest BCUT2D eigenvalue weighted by Gasteiger charge is -2.21. The fourth-order valence-corrected chi connectivity index (χ4v) is 3.25. The molecule has 0 aliphatic carbocycles. The molecule has 0 saturated carbocycles. The molecule has 4 nitrogen and oxygen atoms in total. The van der Waals surface area contributed by atoms with Crippen LogP contribution in [0.15, 0.2) is 6.07 Å². The zero-order valence-electron chi connectivity index (χ0n) is 13.2. The summed E-state index contributed by atoms with van der Waals surface area (Å²) in [5.41, 5.74) is 1.60. The van der Waals surface area contributed by atoms with Crippen LogP contribution in [0.25, 0.3) is 0 Å². The summed E-state index contributed by atoms with van der Waals surface area (Å²) in [5, 5.41) is 13.3. The Labute approximate surface area is 137 Å². The van der Waals surface area contributed by atoms with Gasteiger partial charge in [0.05, 0.1) is 10.7 Å². The standard InChI is InChI=1S/C17H25ClN2O2/c1-2-3-4-5-6-9-13(17(21)22)15-14(18)11-12-8-7-10-19-16(12)20-15/h11,13H,2-10H2,1H3,(H,19,20)(H,21,22). The fraction of sp³-hybridized carbons (Fsp3) is 0.647. The maximum absolute atomic E-state index is 11.6. The lowest BCUT2D eigenvalue weighted by molar-refractivity contribution is -0.139. The number of halogens is 1. The first-order chi connectivity index (χ1) is 10.6. The minimum atomic E-state index is -0.833. The van der Waals surface area contributed by atoms with E-state index < -0.39 is 11.9 Å². The molecule has 1 aliphatic heterocycles. The van der Waals surface area contributed by atoms with Gasteiger partial charge in [0.2, 0.25) is 0 Å². The lowest BCUT2D eigenvalue weighted by Crippen LogP contribution is -2.18. The molecule has 5 heteroatoms. The number of carboxylic acids is 1. The molecule has 0 fully saturated rings. The number of aliphatic carboxylic acids is 1. The Hall–Kier alpha value is -1.29. The average Bonchev–Trinajstić information content (AvgIpc) is 2.50. The van der Waals surface area contributed by atoms with E-state index in [4.69, 9.17) is 11.6 Å². The van der Waals surface area contributed by atoms with Crippen LogP contribution >= 0.6 is 11.6 Å². The van der Waals surface area contributed by atoms with Crippen molar-refractivity contribution in [3.8, 4) is 0 Å².